The van der Waals surface area contributed by atoms with Crippen LogP contribution in [0.1, 0.15) is 33.6 Å². The van der Waals surface area contributed by atoms with E-state index in [1.54, 1.807) is 6.92 Å². The number of Topliss-reactive ketones (excluding diaryl/α,β-unsaturated/α-hetero) is 1. The molecular formula is C9H14O4P-. The van der Waals surface area contributed by atoms with Crippen LogP contribution in [0.2, 0.25) is 0 Å². The second-order valence-corrected chi connectivity index (χ2v) is 3.22. The fraction of sp³-hybridized carbons (Fsp3) is 0.667. The van der Waals surface area contributed by atoms with Gasteiger partial charge in [0.05, 0.1) is 0 Å². The van der Waals surface area contributed by atoms with Crippen molar-refractivity contribution < 1.29 is 19.1 Å². The van der Waals surface area contributed by atoms with Gasteiger partial charge in [-0.3, -0.25) is 4.79 Å². The highest BCUT2D eigenvalue weighted by atomic mass is 31.1. The predicted octanol–water partition coefficient (Wildman–Crippen LogP) is 0.379. The third kappa shape index (κ3) is 17.4. The first-order valence-corrected chi connectivity index (χ1v) is 5.25. The quantitative estimate of drug-likeness (QED) is 0.505. The standard InChI is InChI=1S/C9H14O.HO3P/c1-4-5-6-7-9(10)8(2)3;1-4(2)3/h8H,6-7H2,1-3H3;(H,1,2,3)/p-1. The van der Waals surface area contributed by atoms with Crippen LogP contribution in [0.4, 0.5) is 0 Å². The first-order chi connectivity index (χ1) is 6.41. The van der Waals surface area contributed by atoms with Crippen molar-refractivity contribution in [1.82, 2.24) is 0 Å². The fourth-order valence-electron chi connectivity index (χ4n) is 0.599. The Morgan fingerprint density at radius 3 is 2.14 bits per heavy atom. The first kappa shape index (κ1) is 15.7. The second kappa shape index (κ2) is 10.3. The Bertz CT molecular complexity index is 233. The number of carbonyl (C=O) groups is 1. The molecule has 0 rings (SSSR count). The minimum Gasteiger partial charge on any atom is -0.598 e. The summed E-state index contributed by atoms with van der Waals surface area (Å²) in [6.45, 7) is 5.63. The summed E-state index contributed by atoms with van der Waals surface area (Å²) < 4.78 is 8.48. The number of carbonyl (C=O) groups excluding carboxylic acids is 1. The van der Waals surface area contributed by atoms with Gasteiger partial charge in [0.1, 0.15) is 5.78 Å². The van der Waals surface area contributed by atoms with Gasteiger partial charge in [-0.2, -0.15) is 0 Å². The molecule has 0 N–H and O–H groups in total. The van der Waals surface area contributed by atoms with Crippen LogP contribution in [0.3, 0.4) is 0 Å². The van der Waals surface area contributed by atoms with Crippen molar-refractivity contribution >= 4 is 14.0 Å². The van der Waals surface area contributed by atoms with Crippen LogP contribution < -0.4 is 9.79 Å². The van der Waals surface area contributed by atoms with Crippen molar-refractivity contribution in [2.75, 3.05) is 0 Å². The lowest BCUT2D eigenvalue weighted by atomic mass is 10.1. The lowest BCUT2D eigenvalue weighted by molar-refractivity contribution is -0.297. The molecule has 0 atom stereocenters. The van der Waals surface area contributed by atoms with Crippen LogP contribution in [0, 0.1) is 17.8 Å². The third-order valence-corrected chi connectivity index (χ3v) is 1.32. The Hall–Kier alpha value is -0.750. The molecule has 0 saturated carbocycles. The molecule has 0 heterocycles. The van der Waals surface area contributed by atoms with Crippen molar-refractivity contribution in [1.29, 1.82) is 0 Å². The molecule has 0 bridgehead atoms. The summed E-state index contributed by atoms with van der Waals surface area (Å²) in [6, 6.07) is 0. The van der Waals surface area contributed by atoms with Gasteiger partial charge in [0, 0.05) is 18.8 Å². The van der Waals surface area contributed by atoms with Crippen LogP contribution in [-0.2, 0) is 9.36 Å². The Balaban J connectivity index is 0. The molecule has 14 heavy (non-hydrogen) atoms. The van der Waals surface area contributed by atoms with Crippen molar-refractivity contribution in [2.24, 2.45) is 5.92 Å². The molecule has 0 aromatic heterocycles. The number of ketones is 1. The number of hydrogen-bond acceptors (Lipinski definition) is 4. The molecule has 0 aliphatic heterocycles. The summed E-state index contributed by atoms with van der Waals surface area (Å²) in [5.41, 5.74) is 0. The molecule has 80 valence electrons. The summed E-state index contributed by atoms with van der Waals surface area (Å²) in [6.07, 6.45) is 1.33. The van der Waals surface area contributed by atoms with Gasteiger partial charge in [-0.1, -0.05) is 18.4 Å². The van der Waals surface area contributed by atoms with Crippen molar-refractivity contribution in [3.05, 3.63) is 0 Å². The summed E-state index contributed by atoms with van der Waals surface area (Å²) in [5, 5.41) is 0. The first-order valence-electron chi connectivity index (χ1n) is 4.15. The molecular weight excluding hydrogens is 203 g/mol. The maximum atomic E-state index is 10.9. The van der Waals surface area contributed by atoms with Gasteiger partial charge in [0.2, 0.25) is 0 Å². The largest absolute Gasteiger partial charge is 0.598 e. The van der Waals surface area contributed by atoms with Crippen LogP contribution in [0.15, 0.2) is 0 Å². The zero-order valence-corrected chi connectivity index (χ0v) is 9.47. The monoisotopic (exact) mass is 217 g/mol. The van der Waals surface area contributed by atoms with E-state index in [0.29, 0.717) is 18.6 Å². The van der Waals surface area contributed by atoms with E-state index in [9.17, 15) is 4.79 Å². The van der Waals surface area contributed by atoms with E-state index in [0.717, 1.165) is 0 Å². The van der Waals surface area contributed by atoms with Gasteiger partial charge in [-0.25, -0.2) is 0 Å². The minimum absolute atomic E-state index is 0.165. The highest BCUT2D eigenvalue weighted by Crippen LogP contribution is 2.00. The van der Waals surface area contributed by atoms with Crippen LogP contribution in [-0.4, -0.2) is 5.78 Å². The smallest absolute Gasteiger partial charge is 0.276 e. The van der Waals surface area contributed by atoms with Crippen LogP contribution in [0.25, 0.3) is 0 Å². The van der Waals surface area contributed by atoms with E-state index in [2.05, 4.69) is 11.8 Å². The zero-order valence-electron chi connectivity index (χ0n) is 8.57. The highest BCUT2D eigenvalue weighted by Gasteiger charge is 2.04. The fourth-order valence-corrected chi connectivity index (χ4v) is 0.599. The zero-order chi connectivity index (χ0) is 11.6. The lowest BCUT2D eigenvalue weighted by Gasteiger charge is -1.98. The molecule has 0 aromatic carbocycles. The predicted molar refractivity (Wildman–Crippen MR) is 50.1 cm³/mol. The third-order valence-electron chi connectivity index (χ3n) is 1.32. The molecule has 0 aliphatic carbocycles. The van der Waals surface area contributed by atoms with Gasteiger partial charge in [0.25, 0.3) is 8.25 Å². The van der Waals surface area contributed by atoms with E-state index in [4.69, 9.17) is 14.4 Å². The Labute approximate surface area is 85.3 Å². The van der Waals surface area contributed by atoms with Crippen molar-refractivity contribution in [2.45, 2.75) is 33.6 Å². The van der Waals surface area contributed by atoms with Crippen LogP contribution >= 0.6 is 8.25 Å². The van der Waals surface area contributed by atoms with E-state index < -0.39 is 8.25 Å². The van der Waals surface area contributed by atoms with E-state index in [1.807, 2.05) is 13.8 Å². The van der Waals surface area contributed by atoms with Crippen molar-refractivity contribution in [3.63, 3.8) is 0 Å². The SMILES string of the molecule is CC#CCCC(=O)C(C)C.O=[P+]([O-])[O-]. The van der Waals surface area contributed by atoms with Crippen molar-refractivity contribution in [3.8, 4) is 11.8 Å². The van der Waals surface area contributed by atoms with Crippen LogP contribution in [0.5, 0.6) is 0 Å². The average Bonchev–Trinajstić information content (AvgIpc) is 2.03. The summed E-state index contributed by atoms with van der Waals surface area (Å²) in [4.78, 5) is 27.9. The molecule has 0 fully saturated rings. The minimum atomic E-state index is -3.37. The van der Waals surface area contributed by atoms with Gasteiger partial charge >= 0.3 is 0 Å². The number of rotatable bonds is 3. The molecule has 0 aliphatic rings. The maximum Gasteiger partial charge on any atom is 0.276 e. The summed E-state index contributed by atoms with van der Waals surface area (Å²) in [7, 11) is -3.37. The number of hydrogen-bond donors (Lipinski definition) is 0. The lowest BCUT2D eigenvalue weighted by Crippen LogP contribution is -2.05. The molecule has 0 amide bonds. The van der Waals surface area contributed by atoms with Gasteiger partial charge in [-0.05, 0) is 6.92 Å². The second-order valence-electron chi connectivity index (χ2n) is 2.77. The maximum absolute atomic E-state index is 10.9. The van der Waals surface area contributed by atoms with E-state index in [1.165, 1.54) is 0 Å². The summed E-state index contributed by atoms with van der Waals surface area (Å²) >= 11 is 0. The molecule has 5 heteroatoms. The van der Waals surface area contributed by atoms with E-state index >= 15 is 0 Å². The average molecular weight is 217 g/mol. The molecule has 0 radical (unpaired) electrons. The molecule has 0 spiro atoms. The topological polar surface area (TPSA) is 80.3 Å². The van der Waals surface area contributed by atoms with E-state index in [-0.39, 0.29) is 5.92 Å². The Morgan fingerprint density at radius 1 is 1.43 bits per heavy atom. The Kier molecular flexibility index (Phi) is 11.6. The van der Waals surface area contributed by atoms with Gasteiger partial charge in [0.15, 0.2) is 0 Å². The normalized spacial score (nSPS) is 8.14. The van der Waals surface area contributed by atoms with Gasteiger partial charge in [-0.15, -0.1) is 11.8 Å². The molecule has 4 nitrogen and oxygen atoms in total. The Morgan fingerprint density at radius 2 is 1.86 bits per heavy atom. The van der Waals surface area contributed by atoms with Gasteiger partial charge < -0.3 is 9.79 Å². The molecule has 0 saturated heterocycles. The highest BCUT2D eigenvalue weighted by molar-refractivity contribution is 7.27. The molecule has 0 unspecified atom stereocenters. The molecule has 0 aromatic rings. The summed E-state index contributed by atoms with van der Waals surface area (Å²) in [5.74, 6) is 6.10.